The highest BCUT2D eigenvalue weighted by Gasteiger charge is 2.23. The van der Waals surface area contributed by atoms with Gasteiger partial charge in [-0.3, -0.25) is 0 Å². The number of hydrogen-bond donors (Lipinski definition) is 0. The summed E-state index contributed by atoms with van der Waals surface area (Å²) in [6, 6.07) is 17.3. The van der Waals surface area contributed by atoms with Crippen LogP contribution in [0, 0.1) is 0 Å². The fourth-order valence-electron chi connectivity index (χ4n) is 5.00. The molecule has 0 unspecified atom stereocenters. The molecule has 0 spiro atoms. The molecule has 0 aromatic heterocycles. The standard InChI is InChI=1S/C26H30O2/c1-3-11-19(12-4-1)27-25-21-15-7-9-17-23(21)26(24-18-10-8-16-22(24)25)28-20-13-5-2-6-14-20/h7-10,15-20H,1-6,11-14H2. The van der Waals surface area contributed by atoms with Crippen molar-refractivity contribution in [1.82, 2.24) is 0 Å². The van der Waals surface area contributed by atoms with Gasteiger partial charge < -0.3 is 9.47 Å². The third-order valence-electron chi connectivity index (χ3n) is 6.51. The van der Waals surface area contributed by atoms with Crippen LogP contribution in [-0.2, 0) is 0 Å². The van der Waals surface area contributed by atoms with E-state index in [1.54, 1.807) is 0 Å². The molecule has 0 saturated heterocycles. The molecule has 0 aliphatic heterocycles. The molecule has 5 rings (SSSR count). The van der Waals surface area contributed by atoms with Crippen molar-refractivity contribution in [3.05, 3.63) is 48.5 Å². The number of fused-ring (bicyclic) bond motifs is 2. The second kappa shape index (κ2) is 8.03. The number of rotatable bonds is 4. The summed E-state index contributed by atoms with van der Waals surface area (Å²) in [5.74, 6) is 2.10. The van der Waals surface area contributed by atoms with E-state index in [0.717, 1.165) is 11.5 Å². The Morgan fingerprint density at radius 2 is 0.786 bits per heavy atom. The van der Waals surface area contributed by atoms with E-state index in [1.807, 2.05) is 0 Å². The predicted molar refractivity (Wildman–Crippen MR) is 116 cm³/mol. The van der Waals surface area contributed by atoms with E-state index >= 15 is 0 Å². The third kappa shape index (κ3) is 3.45. The highest BCUT2D eigenvalue weighted by Crippen LogP contribution is 2.44. The van der Waals surface area contributed by atoms with Crippen molar-refractivity contribution in [2.75, 3.05) is 0 Å². The first-order valence-electron chi connectivity index (χ1n) is 11.2. The molecule has 2 aliphatic rings. The van der Waals surface area contributed by atoms with E-state index in [0.29, 0.717) is 12.2 Å². The SMILES string of the molecule is c1ccc2c(OC3CCCCC3)c3ccccc3c(OC3CCCCC3)c2c1. The van der Waals surface area contributed by atoms with Crippen molar-refractivity contribution in [2.24, 2.45) is 0 Å². The largest absolute Gasteiger partial charge is 0.489 e. The second-order valence-corrected chi connectivity index (χ2v) is 8.51. The fourth-order valence-corrected chi connectivity index (χ4v) is 5.00. The van der Waals surface area contributed by atoms with Gasteiger partial charge in [-0.2, -0.15) is 0 Å². The number of ether oxygens (including phenoxy) is 2. The topological polar surface area (TPSA) is 18.5 Å². The molecule has 0 N–H and O–H groups in total. The summed E-state index contributed by atoms with van der Waals surface area (Å²) in [5, 5.41) is 4.77. The Hall–Kier alpha value is -2.22. The summed E-state index contributed by atoms with van der Waals surface area (Å²) < 4.78 is 13.3. The smallest absolute Gasteiger partial charge is 0.135 e. The minimum atomic E-state index is 0.339. The predicted octanol–water partition coefficient (Wildman–Crippen LogP) is 7.42. The lowest BCUT2D eigenvalue weighted by atomic mass is 9.96. The Labute approximate surface area is 167 Å². The molecule has 2 fully saturated rings. The van der Waals surface area contributed by atoms with Crippen LogP contribution in [0.25, 0.3) is 21.5 Å². The summed E-state index contributed by atoms with van der Waals surface area (Å²) in [6.45, 7) is 0. The molecular weight excluding hydrogens is 344 g/mol. The van der Waals surface area contributed by atoms with Crippen LogP contribution in [0.5, 0.6) is 11.5 Å². The van der Waals surface area contributed by atoms with Crippen molar-refractivity contribution in [3.8, 4) is 11.5 Å². The first-order chi connectivity index (χ1) is 13.9. The van der Waals surface area contributed by atoms with Crippen LogP contribution in [-0.4, -0.2) is 12.2 Å². The molecular formula is C26H30O2. The molecule has 146 valence electrons. The van der Waals surface area contributed by atoms with Crippen molar-refractivity contribution in [2.45, 2.75) is 76.4 Å². The van der Waals surface area contributed by atoms with Crippen LogP contribution in [0.3, 0.4) is 0 Å². The van der Waals surface area contributed by atoms with Gasteiger partial charge in [0.25, 0.3) is 0 Å². The molecule has 0 amide bonds. The van der Waals surface area contributed by atoms with Crippen LogP contribution >= 0.6 is 0 Å². The zero-order chi connectivity index (χ0) is 18.8. The highest BCUT2D eigenvalue weighted by molar-refractivity contribution is 6.11. The molecule has 0 radical (unpaired) electrons. The van der Waals surface area contributed by atoms with Gasteiger partial charge >= 0.3 is 0 Å². The quantitative estimate of drug-likeness (QED) is 0.442. The van der Waals surface area contributed by atoms with Gasteiger partial charge in [0.15, 0.2) is 0 Å². The lowest BCUT2D eigenvalue weighted by molar-refractivity contribution is 0.156. The van der Waals surface area contributed by atoms with Gasteiger partial charge in [0, 0.05) is 21.5 Å². The van der Waals surface area contributed by atoms with Gasteiger partial charge in [0.05, 0.1) is 12.2 Å². The Bertz CT molecular complexity index is 814. The van der Waals surface area contributed by atoms with Crippen LogP contribution in [0.4, 0.5) is 0 Å². The maximum Gasteiger partial charge on any atom is 0.135 e. The minimum absolute atomic E-state index is 0.339. The number of benzene rings is 3. The number of hydrogen-bond acceptors (Lipinski definition) is 2. The summed E-state index contributed by atoms with van der Waals surface area (Å²) in [6.07, 6.45) is 13.2. The van der Waals surface area contributed by atoms with Crippen LogP contribution < -0.4 is 9.47 Å². The van der Waals surface area contributed by atoms with E-state index in [9.17, 15) is 0 Å². The molecule has 3 aromatic carbocycles. The fraction of sp³-hybridized carbons (Fsp3) is 0.462. The van der Waals surface area contributed by atoms with Gasteiger partial charge in [-0.15, -0.1) is 0 Å². The molecule has 0 bridgehead atoms. The van der Waals surface area contributed by atoms with E-state index in [2.05, 4.69) is 48.5 Å². The molecule has 2 heteroatoms. The normalized spacial score (nSPS) is 19.1. The van der Waals surface area contributed by atoms with Crippen molar-refractivity contribution < 1.29 is 9.47 Å². The lowest BCUT2D eigenvalue weighted by Gasteiger charge is -2.27. The van der Waals surface area contributed by atoms with Gasteiger partial charge in [-0.05, 0) is 51.4 Å². The van der Waals surface area contributed by atoms with Crippen molar-refractivity contribution in [3.63, 3.8) is 0 Å². The van der Waals surface area contributed by atoms with Gasteiger partial charge in [0.2, 0.25) is 0 Å². The van der Waals surface area contributed by atoms with E-state index < -0.39 is 0 Å². The van der Waals surface area contributed by atoms with Gasteiger partial charge in [-0.25, -0.2) is 0 Å². The van der Waals surface area contributed by atoms with E-state index in [1.165, 1.54) is 85.8 Å². The lowest BCUT2D eigenvalue weighted by Crippen LogP contribution is -2.21. The summed E-state index contributed by atoms with van der Waals surface area (Å²) in [5.41, 5.74) is 0. The summed E-state index contributed by atoms with van der Waals surface area (Å²) >= 11 is 0. The molecule has 2 saturated carbocycles. The summed E-state index contributed by atoms with van der Waals surface area (Å²) in [7, 11) is 0. The average Bonchev–Trinajstić information content (AvgIpc) is 2.77. The zero-order valence-electron chi connectivity index (χ0n) is 16.7. The summed E-state index contributed by atoms with van der Waals surface area (Å²) in [4.78, 5) is 0. The maximum atomic E-state index is 6.67. The monoisotopic (exact) mass is 374 g/mol. The van der Waals surface area contributed by atoms with Crippen molar-refractivity contribution >= 4 is 21.5 Å². The molecule has 0 heterocycles. The first kappa shape index (κ1) is 17.8. The molecule has 2 aliphatic carbocycles. The molecule has 3 aromatic rings. The highest BCUT2D eigenvalue weighted by atomic mass is 16.5. The molecule has 28 heavy (non-hydrogen) atoms. The Kier molecular flexibility index (Phi) is 5.12. The van der Waals surface area contributed by atoms with Crippen molar-refractivity contribution in [1.29, 1.82) is 0 Å². The minimum Gasteiger partial charge on any atom is -0.489 e. The average molecular weight is 375 g/mol. The molecule has 0 atom stereocenters. The Morgan fingerprint density at radius 3 is 1.11 bits per heavy atom. The molecule has 2 nitrogen and oxygen atoms in total. The van der Waals surface area contributed by atoms with Gasteiger partial charge in [-0.1, -0.05) is 61.4 Å². The first-order valence-corrected chi connectivity index (χ1v) is 11.2. The van der Waals surface area contributed by atoms with Gasteiger partial charge in [0.1, 0.15) is 11.5 Å². The zero-order valence-corrected chi connectivity index (χ0v) is 16.7. The van der Waals surface area contributed by atoms with Crippen LogP contribution in [0.15, 0.2) is 48.5 Å². The van der Waals surface area contributed by atoms with Crippen LogP contribution in [0.2, 0.25) is 0 Å². The third-order valence-corrected chi connectivity index (χ3v) is 6.51. The van der Waals surface area contributed by atoms with Crippen LogP contribution in [0.1, 0.15) is 64.2 Å². The van der Waals surface area contributed by atoms with E-state index in [-0.39, 0.29) is 0 Å². The maximum absolute atomic E-state index is 6.67. The van der Waals surface area contributed by atoms with E-state index in [4.69, 9.17) is 9.47 Å². The Balaban J connectivity index is 1.64. The second-order valence-electron chi connectivity index (χ2n) is 8.51. The Morgan fingerprint density at radius 1 is 0.464 bits per heavy atom.